The van der Waals surface area contributed by atoms with Crippen LogP contribution in [0.2, 0.25) is 0 Å². The van der Waals surface area contributed by atoms with Crippen molar-refractivity contribution in [3.8, 4) is 5.88 Å². The molecule has 0 saturated carbocycles. The van der Waals surface area contributed by atoms with Crippen molar-refractivity contribution in [1.82, 2.24) is 9.78 Å². The molecule has 4 heteroatoms. The SMILES string of the molecule is COc1c(CCN)c(C(C)C)nn1C. The Kier molecular flexibility index (Phi) is 3.52. The molecular formula is C10H19N3O. The maximum atomic E-state index is 5.57. The van der Waals surface area contributed by atoms with Crippen molar-refractivity contribution >= 4 is 0 Å². The molecular weight excluding hydrogens is 178 g/mol. The first-order valence-electron chi connectivity index (χ1n) is 4.91. The largest absolute Gasteiger partial charge is 0.481 e. The number of nitrogens with zero attached hydrogens (tertiary/aromatic N) is 2. The lowest BCUT2D eigenvalue weighted by Gasteiger charge is -2.05. The molecule has 0 aromatic carbocycles. The predicted octanol–water partition coefficient (Wildman–Crippen LogP) is 1.05. The van der Waals surface area contributed by atoms with Gasteiger partial charge in [0.25, 0.3) is 0 Å². The van der Waals surface area contributed by atoms with Gasteiger partial charge in [0.1, 0.15) is 0 Å². The van der Waals surface area contributed by atoms with E-state index in [2.05, 4.69) is 18.9 Å². The summed E-state index contributed by atoms with van der Waals surface area (Å²) in [5, 5.41) is 4.44. The Hall–Kier alpha value is -1.03. The zero-order chi connectivity index (χ0) is 10.7. The average molecular weight is 197 g/mol. The van der Waals surface area contributed by atoms with E-state index < -0.39 is 0 Å². The summed E-state index contributed by atoms with van der Waals surface area (Å²) in [7, 11) is 3.56. The molecule has 1 aromatic heterocycles. The van der Waals surface area contributed by atoms with Gasteiger partial charge in [-0.1, -0.05) is 13.8 Å². The monoisotopic (exact) mass is 197 g/mol. The van der Waals surface area contributed by atoms with Crippen LogP contribution in [0.25, 0.3) is 0 Å². The molecule has 0 aliphatic carbocycles. The van der Waals surface area contributed by atoms with E-state index in [1.165, 1.54) is 0 Å². The van der Waals surface area contributed by atoms with Gasteiger partial charge in [-0.15, -0.1) is 0 Å². The van der Waals surface area contributed by atoms with Crippen LogP contribution < -0.4 is 10.5 Å². The van der Waals surface area contributed by atoms with E-state index in [9.17, 15) is 0 Å². The second kappa shape index (κ2) is 4.46. The van der Waals surface area contributed by atoms with Crippen molar-refractivity contribution in [1.29, 1.82) is 0 Å². The topological polar surface area (TPSA) is 53.1 Å². The molecule has 0 spiro atoms. The van der Waals surface area contributed by atoms with E-state index in [0.717, 1.165) is 23.6 Å². The van der Waals surface area contributed by atoms with Crippen LogP contribution >= 0.6 is 0 Å². The molecule has 0 aliphatic heterocycles. The molecule has 0 radical (unpaired) electrons. The third-order valence-corrected chi connectivity index (χ3v) is 2.25. The van der Waals surface area contributed by atoms with Crippen LogP contribution in [0.1, 0.15) is 31.0 Å². The summed E-state index contributed by atoms with van der Waals surface area (Å²) in [5.41, 5.74) is 7.81. The van der Waals surface area contributed by atoms with Crippen LogP contribution in [0.3, 0.4) is 0 Å². The van der Waals surface area contributed by atoms with Crippen LogP contribution in [-0.4, -0.2) is 23.4 Å². The summed E-state index contributed by atoms with van der Waals surface area (Å²) in [4.78, 5) is 0. The molecule has 0 atom stereocenters. The number of rotatable bonds is 4. The van der Waals surface area contributed by atoms with Crippen LogP contribution in [0, 0.1) is 0 Å². The number of methoxy groups -OCH3 is 1. The summed E-state index contributed by atoms with van der Waals surface area (Å²) < 4.78 is 7.08. The summed E-state index contributed by atoms with van der Waals surface area (Å²) in [6.45, 7) is 4.88. The van der Waals surface area contributed by atoms with Crippen molar-refractivity contribution < 1.29 is 4.74 Å². The van der Waals surface area contributed by atoms with Gasteiger partial charge in [0.05, 0.1) is 12.8 Å². The normalized spacial score (nSPS) is 11.0. The lowest BCUT2D eigenvalue weighted by Crippen LogP contribution is -2.06. The second-order valence-electron chi connectivity index (χ2n) is 3.69. The first kappa shape index (κ1) is 11.0. The quantitative estimate of drug-likeness (QED) is 0.785. The Bertz CT molecular complexity index is 305. The van der Waals surface area contributed by atoms with Gasteiger partial charge in [0.15, 0.2) is 0 Å². The molecule has 80 valence electrons. The highest BCUT2D eigenvalue weighted by molar-refractivity contribution is 5.33. The van der Waals surface area contributed by atoms with E-state index in [4.69, 9.17) is 10.5 Å². The van der Waals surface area contributed by atoms with Crippen LogP contribution in [0.4, 0.5) is 0 Å². The Morgan fingerprint density at radius 1 is 1.50 bits per heavy atom. The lowest BCUT2D eigenvalue weighted by molar-refractivity contribution is 0.369. The fraction of sp³-hybridized carbons (Fsp3) is 0.700. The highest BCUT2D eigenvalue weighted by Gasteiger charge is 2.17. The Morgan fingerprint density at radius 3 is 2.57 bits per heavy atom. The van der Waals surface area contributed by atoms with Crippen molar-refractivity contribution in [2.75, 3.05) is 13.7 Å². The van der Waals surface area contributed by atoms with E-state index in [1.807, 2.05) is 7.05 Å². The smallest absolute Gasteiger partial charge is 0.214 e. The zero-order valence-electron chi connectivity index (χ0n) is 9.37. The molecule has 2 N–H and O–H groups in total. The van der Waals surface area contributed by atoms with Gasteiger partial charge in [-0.3, -0.25) is 0 Å². The lowest BCUT2D eigenvalue weighted by atomic mass is 10.0. The third-order valence-electron chi connectivity index (χ3n) is 2.25. The van der Waals surface area contributed by atoms with Gasteiger partial charge in [-0.05, 0) is 18.9 Å². The van der Waals surface area contributed by atoms with Crippen LogP contribution in [0.5, 0.6) is 5.88 Å². The Morgan fingerprint density at radius 2 is 2.14 bits per heavy atom. The van der Waals surface area contributed by atoms with E-state index in [-0.39, 0.29) is 0 Å². The summed E-state index contributed by atoms with van der Waals surface area (Å²) in [5.74, 6) is 1.24. The molecule has 0 amide bonds. The number of aryl methyl sites for hydroxylation is 1. The number of nitrogens with two attached hydrogens (primary N) is 1. The molecule has 14 heavy (non-hydrogen) atoms. The summed E-state index contributed by atoms with van der Waals surface area (Å²) in [6.07, 6.45) is 0.824. The van der Waals surface area contributed by atoms with E-state index in [0.29, 0.717) is 12.5 Å². The van der Waals surface area contributed by atoms with Crippen molar-refractivity contribution in [3.05, 3.63) is 11.3 Å². The van der Waals surface area contributed by atoms with E-state index >= 15 is 0 Å². The van der Waals surface area contributed by atoms with Gasteiger partial charge < -0.3 is 10.5 Å². The molecule has 1 heterocycles. The highest BCUT2D eigenvalue weighted by Crippen LogP contribution is 2.26. The average Bonchev–Trinajstić information content (AvgIpc) is 2.43. The molecule has 0 unspecified atom stereocenters. The van der Waals surface area contributed by atoms with Gasteiger partial charge in [-0.25, -0.2) is 4.68 Å². The highest BCUT2D eigenvalue weighted by atomic mass is 16.5. The van der Waals surface area contributed by atoms with Gasteiger partial charge in [0.2, 0.25) is 5.88 Å². The molecule has 0 bridgehead atoms. The molecule has 0 fully saturated rings. The van der Waals surface area contributed by atoms with E-state index in [1.54, 1.807) is 11.8 Å². The van der Waals surface area contributed by atoms with Crippen LogP contribution in [0.15, 0.2) is 0 Å². The van der Waals surface area contributed by atoms with Crippen LogP contribution in [-0.2, 0) is 13.5 Å². The number of aromatic nitrogens is 2. The standard InChI is InChI=1S/C10H19N3O/c1-7(2)9-8(5-6-11)10(14-4)13(3)12-9/h7H,5-6,11H2,1-4H3. The maximum Gasteiger partial charge on any atom is 0.214 e. The van der Waals surface area contributed by atoms with Crippen molar-refractivity contribution in [2.45, 2.75) is 26.2 Å². The van der Waals surface area contributed by atoms with Crippen molar-refractivity contribution in [3.63, 3.8) is 0 Å². The minimum absolute atomic E-state index is 0.409. The number of ether oxygens (including phenoxy) is 1. The second-order valence-corrected chi connectivity index (χ2v) is 3.69. The predicted molar refractivity (Wildman–Crippen MR) is 56.6 cm³/mol. The number of hydrogen-bond acceptors (Lipinski definition) is 3. The summed E-state index contributed by atoms with van der Waals surface area (Å²) >= 11 is 0. The molecule has 4 nitrogen and oxygen atoms in total. The Labute approximate surface area is 85.0 Å². The zero-order valence-corrected chi connectivity index (χ0v) is 9.37. The van der Waals surface area contributed by atoms with Gasteiger partial charge in [0, 0.05) is 12.6 Å². The third kappa shape index (κ3) is 1.90. The fourth-order valence-electron chi connectivity index (χ4n) is 1.67. The summed E-state index contributed by atoms with van der Waals surface area (Å²) in [6, 6.07) is 0. The van der Waals surface area contributed by atoms with Crippen molar-refractivity contribution in [2.24, 2.45) is 12.8 Å². The maximum absolute atomic E-state index is 5.57. The molecule has 0 saturated heterocycles. The molecule has 1 aromatic rings. The molecule has 0 aliphatic rings. The first-order valence-corrected chi connectivity index (χ1v) is 4.91. The number of hydrogen-bond donors (Lipinski definition) is 1. The minimum atomic E-state index is 0.409. The van der Waals surface area contributed by atoms with Gasteiger partial charge >= 0.3 is 0 Å². The Balaban J connectivity index is 3.15. The first-order chi connectivity index (χ1) is 6.61. The van der Waals surface area contributed by atoms with Gasteiger partial charge in [-0.2, -0.15) is 5.10 Å². The fourth-order valence-corrected chi connectivity index (χ4v) is 1.67. The molecule has 1 rings (SSSR count). The minimum Gasteiger partial charge on any atom is -0.481 e.